The second-order valence-corrected chi connectivity index (χ2v) is 1.75. The minimum absolute atomic E-state index is 0. The van der Waals surface area contributed by atoms with E-state index in [1.807, 2.05) is 0 Å². The van der Waals surface area contributed by atoms with Crippen LogP contribution in [0.5, 0.6) is 0 Å². The molecular weight excluding hydrogens is 159 g/mol. The maximum Gasteiger partial charge on any atom is 1.00 e. The summed E-state index contributed by atoms with van der Waals surface area (Å²) in [5, 5.41) is 0. The predicted octanol–water partition coefficient (Wildman–Crippen LogP) is -3.51. The van der Waals surface area contributed by atoms with Gasteiger partial charge in [-0.05, 0) is 6.92 Å². The van der Waals surface area contributed by atoms with Crippen LogP contribution < -0.4 is 62.6 Å². The number of aromatic nitrogens is 2. The molecule has 1 heterocycles. The van der Waals surface area contributed by atoms with E-state index in [1.54, 1.807) is 6.92 Å². The summed E-state index contributed by atoms with van der Waals surface area (Å²) in [6.07, 6.45) is 1.38. The van der Waals surface area contributed by atoms with E-state index in [0.29, 0.717) is 5.56 Å². The third kappa shape index (κ3) is 2.51. The van der Waals surface area contributed by atoms with E-state index in [2.05, 4.69) is 9.97 Å². The third-order valence-electron chi connectivity index (χ3n) is 1.00. The molecule has 0 bridgehead atoms. The first-order valence-corrected chi connectivity index (χ1v) is 2.49. The Labute approximate surface area is 101 Å². The van der Waals surface area contributed by atoms with Crippen molar-refractivity contribution in [1.82, 2.24) is 9.97 Å². The molecule has 10 heavy (non-hydrogen) atoms. The summed E-state index contributed by atoms with van der Waals surface area (Å²) in [6.45, 7) is 1.62. The van der Waals surface area contributed by atoms with E-state index < -0.39 is 5.69 Å². The van der Waals surface area contributed by atoms with Crippen LogP contribution in [-0.4, -0.2) is 9.97 Å². The molecule has 0 saturated carbocycles. The van der Waals surface area contributed by atoms with Crippen LogP contribution >= 0.6 is 0 Å². The van der Waals surface area contributed by atoms with Crippen molar-refractivity contribution in [3.8, 4) is 0 Å². The van der Waals surface area contributed by atoms with E-state index in [0.717, 1.165) is 0 Å². The van der Waals surface area contributed by atoms with Gasteiger partial charge in [-0.2, -0.15) is 0 Å². The van der Waals surface area contributed by atoms with Gasteiger partial charge in [0.15, 0.2) is 0 Å². The van der Waals surface area contributed by atoms with Crippen LogP contribution in [0.25, 0.3) is 0 Å². The summed E-state index contributed by atoms with van der Waals surface area (Å²) in [5.41, 5.74) is -0.293. The Balaban J connectivity index is 0. The van der Waals surface area contributed by atoms with Crippen molar-refractivity contribution in [1.29, 1.82) is 0 Å². The van der Waals surface area contributed by atoms with E-state index in [9.17, 15) is 9.59 Å². The number of nitrogens with one attached hydrogen (secondary N) is 2. The van der Waals surface area contributed by atoms with Crippen LogP contribution in [0.2, 0.25) is 0 Å². The van der Waals surface area contributed by atoms with Gasteiger partial charge in [0.25, 0.3) is 5.56 Å². The van der Waals surface area contributed by atoms with Crippen LogP contribution in [0.15, 0.2) is 15.8 Å². The van der Waals surface area contributed by atoms with Gasteiger partial charge in [0, 0.05) is 11.8 Å². The van der Waals surface area contributed by atoms with Crippen molar-refractivity contribution < 1.29 is 52.8 Å². The quantitative estimate of drug-likeness (QED) is 0.393. The SMILES string of the molecule is Cc1c[nH]c(=O)[nH]c1=O.[H-].[K+]. The first kappa shape index (κ1) is 10.3. The van der Waals surface area contributed by atoms with Crippen molar-refractivity contribution >= 4 is 0 Å². The van der Waals surface area contributed by atoms with E-state index in [-0.39, 0.29) is 58.4 Å². The average molecular weight is 166 g/mol. The van der Waals surface area contributed by atoms with Crippen molar-refractivity contribution in [2.24, 2.45) is 0 Å². The van der Waals surface area contributed by atoms with Gasteiger partial charge in [0.1, 0.15) is 0 Å². The zero-order chi connectivity index (χ0) is 6.85. The minimum atomic E-state index is -0.467. The monoisotopic (exact) mass is 166 g/mol. The molecule has 1 aromatic heterocycles. The van der Waals surface area contributed by atoms with Gasteiger partial charge < -0.3 is 6.41 Å². The number of hydrogen-bond donors (Lipinski definition) is 2. The second-order valence-electron chi connectivity index (χ2n) is 1.75. The number of aromatic amines is 2. The Morgan fingerprint density at radius 3 is 2.50 bits per heavy atom. The molecule has 2 N–H and O–H groups in total. The summed E-state index contributed by atoms with van der Waals surface area (Å²) in [5.74, 6) is 0. The van der Waals surface area contributed by atoms with Crippen LogP contribution in [0.4, 0.5) is 0 Å². The topological polar surface area (TPSA) is 65.7 Å². The van der Waals surface area contributed by atoms with Crippen molar-refractivity contribution in [2.45, 2.75) is 6.92 Å². The van der Waals surface area contributed by atoms with Gasteiger partial charge >= 0.3 is 57.1 Å². The van der Waals surface area contributed by atoms with Gasteiger partial charge in [-0.1, -0.05) is 0 Å². The fourth-order valence-corrected chi connectivity index (χ4v) is 0.477. The summed E-state index contributed by atoms with van der Waals surface area (Å²) in [4.78, 5) is 25.3. The molecule has 5 heteroatoms. The Morgan fingerprint density at radius 2 is 2.10 bits per heavy atom. The largest absolute Gasteiger partial charge is 1.00 e. The van der Waals surface area contributed by atoms with Crippen molar-refractivity contribution in [3.63, 3.8) is 0 Å². The minimum Gasteiger partial charge on any atom is -1.00 e. The van der Waals surface area contributed by atoms with Gasteiger partial charge in [-0.25, -0.2) is 4.79 Å². The van der Waals surface area contributed by atoms with E-state index in [4.69, 9.17) is 0 Å². The smallest absolute Gasteiger partial charge is 1.00 e. The molecule has 0 saturated heterocycles. The normalized spacial score (nSPS) is 8.50. The standard InChI is InChI=1S/C5H6N2O2.K.H/c1-3-2-6-5(9)7-4(3)8;;/h2H,1H3,(H2,6,7,8,9);;/q;+1;-1. The zero-order valence-corrected chi connectivity index (χ0v) is 9.02. The molecule has 0 unspecified atom stereocenters. The maximum absolute atomic E-state index is 10.6. The molecule has 0 spiro atoms. The summed E-state index contributed by atoms with van der Waals surface area (Å²) < 4.78 is 0. The number of H-pyrrole nitrogens is 2. The van der Waals surface area contributed by atoms with E-state index in [1.165, 1.54) is 6.20 Å². The Kier molecular flexibility index (Phi) is 4.38. The Bertz CT molecular complexity index is 319. The molecule has 50 valence electrons. The van der Waals surface area contributed by atoms with Gasteiger partial charge in [0.2, 0.25) is 0 Å². The van der Waals surface area contributed by atoms with Crippen LogP contribution in [0.3, 0.4) is 0 Å². The fourth-order valence-electron chi connectivity index (χ4n) is 0.477. The predicted molar refractivity (Wildman–Crippen MR) is 33.5 cm³/mol. The summed E-state index contributed by atoms with van der Waals surface area (Å²) in [7, 11) is 0. The molecule has 0 aliphatic rings. The average Bonchev–Trinajstić information content (AvgIpc) is 1.80. The molecule has 1 rings (SSSR count). The van der Waals surface area contributed by atoms with Crippen molar-refractivity contribution in [3.05, 3.63) is 32.6 Å². The van der Waals surface area contributed by atoms with Gasteiger partial charge in [-0.15, -0.1) is 0 Å². The maximum atomic E-state index is 10.6. The van der Waals surface area contributed by atoms with Gasteiger partial charge in [-0.3, -0.25) is 9.78 Å². The molecule has 0 aliphatic heterocycles. The summed E-state index contributed by atoms with van der Waals surface area (Å²) >= 11 is 0. The molecule has 0 fully saturated rings. The first-order chi connectivity index (χ1) is 4.20. The molecule has 0 radical (unpaired) electrons. The number of hydrogen-bond acceptors (Lipinski definition) is 2. The van der Waals surface area contributed by atoms with Crippen molar-refractivity contribution in [2.75, 3.05) is 0 Å². The zero-order valence-electron chi connectivity index (χ0n) is 6.89. The molecule has 1 aromatic rings. The molecule has 0 aliphatic carbocycles. The molecule has 4 nitrogen and oxygen atoms in total. The Hall–Kier alpha value is 0.316. The molecule has 0 aromatic carbocycles. The van der Waals surface area contributed by atoms with Gasteiger partial charge in [0.05, 0.1) is 0 Å². The third-order valence-corrected chi connectivity index (χ3v) is 1.00. The number of aryl methyl sites for hydroxylation is 1. The second kappa shape index (κ2) is 4.25. The van der Waals surface area contributed by atoms with E-state index >= 15 is 0 Å². The fraction of sp³-hybridized carbons (Fsp3) is 0.200. The summed E-state index contributed by atoms with van der Waals surface area (Å²) in [6, 6.07) is 0. The number of rotatable bonds is 0. The van der Waals surface area contributed by atoms with Crippen LogP contribution in [0, 0.1) is 6.92 Å². The van der Waals surface area contributed by atoms with Crippen LogP contribution in [-0.2, 0) is 0 Å². The molecule has 0 atom stereocenters. The van der Waals surface area contributed by atoms with Crippen LogP contribution in [0.1, 0.15) is 6.99 Å². The molecule has 0 amide bonds. The first-order valence-electron chi connectivity index (χ1n) is 2.49. The Morgan fingerprint density at radius 1 is 1.50 bits per heavy atom. The molecular formula is C5H7KN2O2.